The van der Waals surface area contributed by atoms with Crippen LogP contribution in [0.4, 0.5) is 0 Å². The zero-order valence-electron chi connectivity index (χ0n) is 9.08. The summed E-state index contributed by atoms with van der Waals surface area (Å²) < 4.78 is 0. The van der Waals surface area contributed by atoms with E-state index in [2.05, 4.69) is 0 Å². The van der Waals surface area contributed by atoms with Gasteiger partial charge in [-0.05, 0) is 25.9 Å². The molecule has 0 fully saturated rings. The Morgan fingerprint density at radius 1 is 0.625 bits per heavy atom. The van der Waals surface area contributed by atoms with Gasteiger partial charge in [-0.25, -0.2) is 0 Å². The van der Waals surface area contributed by atoms with E-state index in [1.807, 2.05) is 0 Å². The predicted molar refractivity (Wildman–Crippen MR) is 61.8 cm³/mol. The molecule has 8 nitrogen and oxygen atoms in total. The summed E-state index contributed by atoms with van der Waals surface area (Å²) >= 11 is 0. The molecule has 10 heteroatoms. The van der Waals surface area contributed by atoms with Gasteiger partial charge >= 0.3 is 17.6 Å². The Labute approximate surface area is 96.5 Å². The highest BCUT2D eigenvalue weighted by Crippen LogP contribution is 1.98. The van der Waals surface area contributed by atoms with E-state index in [0.717, 1.165) is 0 Å². The number of hydrogen-bond acceptors (Lipinski definition) is 8. The van der Waals surface area contributed by atoms with Crippen LogP contribution in [0.2, 0.25) is 12.1 Å². The van der Waals surface area contributed by atoms with Crippen LogP contribution < -0.4 is 11.5 Å². The van der Waals surface area contributed by atoms with E-state index in [1.54, 1.807) is 0 Å². The smallest absolute Gasteiger partial charge is 0.390 e. The van der Waals surface area contributed by atoms with E-state index in [0.29, 0.717) is 25.9 Å². The topological polar surface area (TPSA) is 173 Å². The Balaban J connectivity index is 0. The molecule has 16 heavy (non-hydrogen) atoms. The van der Waals surface area contributed by atoms with Gasteiger partial charge in [0.15, 0.2) is 0 Å². The maximum atomic E-state index is 8.34. The molecule has 0 spiro atoms. The van der Waals surface area contributed by atoms with Crippen molar-refractivity contribution in [2.24, 2.45) is 11.5 Å². The van der Waals surface area contributed by atoms with Crippen molar-refractivity contribution in [2.45, 2.75) is 24.9 Å². The molecule has 0 aliphatic heterocycles. The summed E-state index contributed by atoms with van der Waals surface area (Å²) in [5.41, 5.74) is 10.0. The average Bonchev–Trinajstić information content (AvgIpc) is 2.10. The van der Waals surface area contributed by atoms with Gasteiger partial charge in [0.1, 0.15) is 0 Å². The van der Waals surface area contributed by atoms with Gasteiger partial charge in [-0.3, -0.25) is 0 Å². The third-order valence-electron chi connectivity index (χ3n) is 1.43. The van der Waals surface area contributed by atoms with Crippen molar-refractivity contribution < 1.29 is 28.8 Å². The van der Waals surface area contributed by atoms with Gasteiger partial charge in [0, 0.05) is 12.1 Å². The number of nitrogens with two attached hydrogens (primary N) is 2. The van der Waals surface area contributed by atoms with E-state index < -0.39 is 17.6 Å². The fourth-order valence-corrected chi connectivity index (χ4v) is 2.04. The van der Waals surface area contributed by atoms with Crippen molar-refractivity contribution in [1.29, 1.82) is 0 Å². The minimum atomic E-state index is -3.76. The highest BCUT2D eigenvalue weighted by molar-refractivity contribution is 6.56. The van der Waals surface area contributed by atoms with Crippen molar-refractivity contribution in [3.8, 4) is 0 Å². The zero-order valence-corrected chi connectivity index (χ0v) is 11.1. The molecule has 0 aliphatic carbocycles. The van der Waals surface area contributed by atoms with Crippen LogP contribution in [-0.4, -0.2) is 59.5 Å². The molecule has 0 amide bonds. The molecule has 0 aromatic rings. The molecular formula is C6H22N2O6Si2. The van der Waals surface area contributed by atoms with Gasteiger partial charge in [-0.15, -0.1) is 0 Å². The number of hydrogen-bond donors (Lipinski definition) is 8. The lowest BCUT2D eigenvalue weighted by Gasteiger charge is -2.06. The molecule has 0 unspecified atom stereocenters. The fraction of sp³-hybridized carbons (Fsp3) is 1.00. The first-order valence-corrected chi connectivity index (χ1v) is 8.96. The van der Waals surface area contributed by atoms with Gasteiger partial charge in [0.25, 0.3) is 0 Å². The first kappa shape index (κ1) is 18.5. The highest BCUT2D eigenvalue weighted by Gasteiger charge is 2.25. The maximum Gasteiger partial charge on any atom is 0.492 e. The van der Waals surface area contributed by atoms with Crippen LogP contribution in [0, 0.1) is 0 Å². The molecular weight excluding hydrogens is 252 g/mol. The zero-order chi connectivity index (χ0) is 13.2. The Hall–Kier alpha value is 0.114. The van der Waals surface area contributed by atoms with Gasteiger partial charge in [0.05, 0.1) is 0 Å². The highest BCUT2D eigenvalue weighted by atomic mass is 28.4. The minimum Gasteiger partial charge on any atom is -0.390 e. The van der Waals surface area contributed by atoms with E-state index in [4.69, 9.17) is 40.2 Å². The second-order valence-corrected chi connectivity index (χ2v) is 7.43. The second-order valence-electron chi connectivity index (χ2n) is 3.33. The summed E-state index contributed by atoms with van der Waals surface area (Å²) in [6.07, 6.45) is 0.936. The largest absolute Gasteiger partial charge is 0.492 e. The lowest BCUT2D eigenvalue weighted by Crippen LogP contribution is -2.34. The SMILES string of the molecule is NCCC[Si](O)(O)O.NCCC[Si](O)(O)O. The quantitative estimate of drug-likeness (QED) is 0.230. The second kappa shape index (κ2) is 9.18. The molecule has 0 heterocycles. The van der Waals surface area contributed by atoms with Gasteiger partial charge < -0.3 is 40.2 Å². The van der Waals surface area contributed by atoms with Crippen LogP contribution in [0.3, 0.4) is 0 Å². The van der Waals surface area contributed by atoms with E-state index in [1.165, 1.54) is 0 Å². The Morgan fingerprint density at radius 2 is 0.875 bits per heavy atom. The van der Waals surface area contributed by atoms with E-state index in [9.17, 15) is 0 Å². The number of rotatable bonds is 6. The molecule has 0 aromatic carbocycles. The van der Waals surface area contributed by atoms with Crippen LogP contribution >= 0.6 is 0 Å². The summed E-state index contributed by atoms with van der Waals surface area (Å²) in [7, 11) is -7.52. The van der Waals surface area contributed by atoms with Crippen LogP contribution in [0.5, 0.6) is 0 Å². The molecule has 100 valence electrons. The van der Waals surface area contributed by atoms with Crippen LogP contribution in [-0.2, 0) is 0 Å². The summed E-state index contributed by atoms with van der Waals surface area (Å²) in [5, 5.41) is 0. The first-order chi connectivity index (χ1) is 7.12. The lowest BCUT2D eigenvalue weighted by atomic mass is 10.5. The van der Waals surface area contributed by atoms with E-state index in [-0.39, 0.29) is 12.1 Å². The fourth-order valence-electron chi connectivity index (χ4n) is 0.678. The Bertz CT molecular complexity index is 142. The maximum absolute atomic E-state index is 8.34. The molecule has 0 aliphatic rings. The minimum absolute atomic E-state index is 0.0451. The van der Waals surface area contributed by atoms with Crippen molar-refractivity contribution in [3.05, 3.63) is 0 Å². The van der Waals surface area contributed by atoms with Crippen molar-refractivity contribution in [1.82, 2.24) is 0 Å². The molecule has 0 aromatic heterocycles. The van der Waals surface area contributed by atoms with Crippen molar-refractivity contribution in [2.75, 3.05) is 13.1 Å². The summed E-state index contributed by atoms with van der Waals surface area (Å²) in [4.78, 5) is 50.1. The van der Waals surface area contributed by atoms with Crippen LogP contribution in [0.15, 0.2) is 0 Å². The standard InChI is InChI=1S/2C3H11NO3Si/c2*4-2-1-3-8(5,6)7/h2*5-7H,1-4H2. The average molecular weight is 274 g/mol. The molecule has 0 radical (unpaired) electrons. The Kier molecular flexibility index (Phi) is 10.6. The van der Waals surface area contributed by atoms with E-state index >= 15 is 0 Å². The van der Waals surface area contributed by atoms with Crippen LogP contribution in [0.1, 0.15) is 12.8 Å². The third kappa shape index (κ3) is 23.7. The van der Waals surface area contributed by atoms with Crippen LogP contribution in [0.25, 0.3) is 0 Å². The summed E-state index contributed by atoms with van der Waals surface area (Å²) in [6, 6.07) is 0.0903. The summed E-state index contributed by atoms with van der Waals surface area (Å²) in [5.74, 6) is 0. The van der Waals surface area contributed by atoms with Gasteiger partial charge in [0.2, 0.25) is 0 Å². The molecule has 0 atom stereocenters. The monoisotopic (exact) mass is 274 g/mol. The van der Waals surface area contributed by atoms with Gasteiger partial charge in [-0.2, -0.15) is 0 Å². The van der Waals surface area contributed by atoms with Gasteiger partial charge in [-0.1, -0.05) is 0 Å². The molecule has 0 saturated heterocycles. The molecule has 0 saturated carbocycles. The first-order valence-electron chi connectivity index (χ1n) is 4.87. The normalized spacial score (nSPS) is 12.0. The predicted octanol–water partition coefficient (Wildman–Crippen LogP) is -3.50. The lowest BCUT2D eigenvalue weighted by molar-refractivity contribution is 0.225. The Morgan fingerprint density at radius 3 is 0.938 bits per heavy atom. The molecule has 10 N–H and O–H groups in total. The summed E-state index contributed by atoms with van der Waals surface area (Å²) in [6.45, 7) is 0.771. The third-order valence-corrected chi connectivity index (χ3v) is 3.48. The molecule has 0 bridgehead atoms. The molecule has 0 rings (SSSR count). The van der Waals surface area contributed by atoms with Crippen molar-refractivity contribution in [3.63, 3.8) is 0 Å². The van der Waals surface area contributed by atoms with Crippen molar-refractivity contribution >= 4 is 17.6 Å².